The van der Waals surface area contributed by atoms with Crippen molar-refractivity contribution < 1.29 is 0 Å². The number of hydrogen-bond donors (Lipinski definition) is 0. The summed E-state index contributed by atoms with van der Waals surface area (Å²) in [6.45, 7) is 6.82. The molecule has 0 bridgehead atoms. The highest BCUT2D eigenvalue weighted by atomic mass is 14.2. The van der Waals surface area contributed by atoms with E-state index in [1.165, 1.54) is 67.2 Å². The number of aryl methyl sites for hydroxylation is 1. The van der Waals surface area contributed by atoms with Crippen molar-refractivity contribution in [1.29, 1.82) is 0 Å². The summed E-state index contributed by atoms with van der Waals surface area (Å²) >= 11 is 0. The molecule has 1 atom stereocenters. The third-order valence-electron chi connectivity index (χ3n) is 6.30. The van der Waals surface area contributed by atoms with E-state index >= 15 is 0 Å². The van der Waals surface area contributed by atoms with E-state index in [4.69, 9.17) is 0 Å². The molecule has 0 amide bonds. The first kappa shape index (κ1) is 19.0. The zero-order valence-corrected chi connectivity index (χ0v) is 16.8. The minimum atomic E-state index is 0.909. The Bertz CT molecular complexity index is 699. The SMILES string of the molecule is CCC(CC)CCC1CC=C(c2ccc(-c3ccc(C)cc3)cc2)CC1. The van der Waals surface area contributed by atoms with Gasteiger partial charge >= 0.3 is 0 Å². The van der Waals surface area contributed by atoms with E-state index in [9.17, 15) is 0 Å². The van der Waals surface area contributed by atoms with Crippen LogP contribution in [0, 0.1) is 18.8 Å². The molecule has 0 aromatic heterocycles. The van der Waals surface area contributed by atoms with E-state index < -0.39 is 0 Å². The van der Waals surface area contributed by atoms with E-state index in [0.29, 0.717) is 0 Å². The van der Waals surface area contributed by atoms with Crippen molar-refractivity contribution in [1.82, 2.24) is 0 Å². The number of allylic oxidation sites excluding steroid dienone is 2. The van der Waals surface area contributed by atoms with Gasteiger partial charge in [0.1, 0.15) is 0 Å². The second kappa shape index (κ2) is 9.21. The van der Waals surface area contributed by atoms with Crippen LogP contribution in [0.3, 0.4) is 0 Å². The Morgan fingerprint density at radius 2 is 1.42 bits per heavy atom. The molecule has 0 saturated heterocycles. The van der Waals surface area contributed by atoms with Gasteiger partial charge in [0.25, 0.3) is 0 Å². The topological polar surface area (TPSA) is 0 Å². The van der Waals surface area contributed by atoms with Gasteiger partial charge in [-0.1, -0.05) is 93.3 Å². The molecule has 0 heterocycles. The molecular formula is C26H34. The first-order valence-electron chi connectivity index (χ1n) is 10.6. The standard InChI is InChI=1S/C26H34/c1-4-21(5-2)8-9-22-10-14-24(15-11-22)26-18-16-25(17-19-26)23-12-6-20(3)7-13-23/h6-7,12-14,16-19,21-22H,4-5,8-11,15H2,1-3H3. The summed E-state index contributed by atoms with van der Waals surface area (Å²) < 4.78 is 0. The summed E-state index contributed by atoms with van der Waals surface area (Å²) in [4.78, 5) is 0. The van der Waals surface area contributed by atoms with Crippen LogP contribution in [0.25, 0.3) is 16.7 Å². The normalized spacial score (nSPS) is 17.4. The van der Waals surface area contributed by atoms with Crippen molar-refractivity contribution in [3.8, 4) is 11.1 Å². The van der Waals surface area contributed by atoms with Crippen LogP contribution in [-0.2, 0) is 0 Å². The van der Waals surface area contributed by atoms with Crippen molar-refractivity contribution in [3.05, 3.63) is 65.7 Å². The van der Waals surface area contributed by atoms with Crippen LogP contribution in [0.1, 0.15) is 69.9 Å². The number of hydrogen-bond acceptors (Lipinski definition) is 0. The smallest absolute Gasteiger partial charge is 0.0184 e. The second-order valence-corrected chi connectivity index (χ2v) is 8.07. The average molecular weight is 347 g/mol. The van der Waals surface area contributed by atoms with Crippen LogP contribution in [0.15, 0.2) is 54.6 Å². The molecule has 138 valence electrons. The van der Waals surface area contributed by atoms with Crippen LogP contribution in [0.5, 0.6) is 0 Å². The van der Waals surface area contributed by atoms with Gasteiger partial charge in [-0.3, -0.25) is 0 Å². The molecule has 0 heteroatoms. The van der Waals surface area contributed by atoms with Gasteiger partial charge in [0, 0.05) is 0 Å². The summed E-state index contributed by atoms with van der Waals surface area (Å²) in [7, 11) is 0. The van der Waals surface area contributed by atoms with Gasteiger partial charge in [0.05, 0.1) is 0 Å². The third-order valence-corrected chi connectivity index (χ3v) is 6.30. The van der Waals surface area contributed by atoms with E-state index in [-0.39, 0.29) is 0 Å². The molecule has 0 fully saturated rings. The maximum Gasteiger partial charge on any atom is -0.0184 e. The minimum absolute atomic E-state index is 0.909. The van der Waals surface area contributed by atoms with Crippen LogP contribution < -0.4 is 0 Å². The first-order chi connectivity index (χ1) is 12.7. The molecule has 0 saturated carbocycles. The quantitative estimate of drug-likeness (QED) is 0.475. The van der Waals surface area contributed by atoms with E-state index in [0.717, 1.165) is 11.8 Å². The average Bonchev–Trinajstić information content (AvgIpc) is 2.70. The summed E-state index contributed by atoms with van der Waals surface area (Å²) in [6.07, 6.45) is 11.9. The molecule has 2 aromatic rings. The molecule has 1 unspecified atom stereocenters. The first-order valence-corrected chi connectivity index (χ1v) is 10.6. The molecule has 3 rings (SSSR count). The Balaban J connectivity index is 1.59. The number of rotatable bonds is 7. The molecule has 1 aliphatic carbocycles. The fourth-order valence-electron chi connectivity index (χ4n) is 4.20. The van der Waals surface area contributed by atoms with Gasteiger partial charge in [-0.15, -0.1) is 0 Å². The molecule has 2 aromatic carbocycles. The Kier molecular flexibility index (Phi) is 6.72. The lowest BCUT2D eigenvalue weighted by molar-refractivity contribution is 0.361. The Morgan fingerprint density at radius 3 is 1.96 bits per heavy atom. The maximum absolute atomic E-state index is 2.52. The molecule has 0 radical (unpaired) electrons. The van der Waals surface area contributed by atoms with Crippen LogP contribution >= 0.6 is 0 Å². The highest BCUT2D eigenvalue weighted by molar-refractivity contribution is 5.71. The summed E-state index contributed by atoms with van der Waals surface area (Å²) in [5.41, 5.74) is 6.91. The fourth-order valence-corrected chi connectivity index (χ4v) is 4.20. The van der Waals surface area contributed by atoms with Crippen molar-refractivity contribution in [2.75, 3.05) is 0 Å². The van der Waals surface area contributed by atoms with Crippen molar-refractivity contribution in [2.24, 2.45) is 11.8 Å². The lowest BCUT2D eigenvalue weighted by Crippen LogP contribution is -2.08. The zero-order valence-electron chi connectivity index (χ0n) is 16.8. The molecular weight excluding hydrogens is 312 g/mol. The van der Waals surface area contributed by atoms with Crippen LogP contribution in [0.4, 0.5) is 0 Å². The molecule has 0 nitrogen and oxygen atoms in total. The van der Waals surface area contributed by atoms with Gasteiger partial charge in [-0.05, 0) is 66.7 Å². The van der Waals surface area contributed by atoms with Gasteiger partial charge in [0.15, 0.2) is 0 Å². The number of benzene rings is 2. The Hall–Kier alpha value is -1.82. The highest BCUT2D eigenvalue weighted by Gasteiger charge is 2.16. The van der Waals surface area contributed by atoms with Gasteiger partial charge in [-0.25, -0.2) is 0 Å². The summed E-state index contributed by atoms with van der Waals surface area (Å²) in [5.74, 6) is 1.85. The Morgan fingerprint density at radius 1 is 0.846 bits per heavy atom. The highest BCUT2D eigenvalue weighted by Crippen LogP contribution is 2.34. The molecule has 0 spiro atoms. The predicted octanol–water partition coefficient (Wildman–Crippen LogP) is 8.06. The second-order valence-electron chi connectivity index (χ2n) is 8.07. The largest absolute Gasteiger partial charge is 0.0804 e. The fraction of sp³-hybridized carbons (Fsp3) is 0.462. The van der Waals surface area contributed by atoms with Crippen molar-refractivity contribution in [2.45, 2.75) is 65.7 Å². The molecule has 1 aliphatic rings. The van der Waals surface area contributed by atoms with Gasteiger partial charge in [-0.2, -0.15) is 0 Å². The minimum Gasteiger partial charge on any atom is -0.0804 e. The summed E-state index contributed by atoms with van der Waals surface area (Å²) in [6, 6.07) is 18.0. The van der Waals surface area contributed by atoms with Gasteiger partial charge in [0.2, 0.25) is 0 Å². The maximum atomic E-state index is 2.52. The van der Waals surface area contributed by atoms with E-state index in [1.54, 1.807) is 5.57 Å². The monoisotopic (exact) mass is 346 g/mol. The predicted molar refractivity (Wildman–Crippen MR) is 115 cm³/mol. The molecule has 0 aliphatic heterocycles. The summed E-state index contributed by atoms with van der Waals surface area (Å²) in [5, 5.41) is 0. The lowest BCUT2D eigenvalue weighted by Gasteiger charge is -2.24. The van der Waals surface area contributed by atoms with Crippen LogP contribution in [-0.4, -0.2) is 0 Å². The Labute approximate surface area is 160 Å². The van der Waals surface area contributed by atoms with E-state index in [2.05, 4.69) is 75.4 Å². The molecule has 0 N–H and O–H groups in total. The van der Waals surface area contributed by atoms with Gasteiger partial charge < -0.3 is 0 Å². The molecule has 26 heavy (non-hydrogen) atoms. The van der Waals surface area contributed by atoms with E-state index in [1.807, 2.05) is 0 Å². The third kappa shape index (κ3) is 4.87. The zero-order chi connectivity index (χ0) is 18.4. The van der Waals surface area contributed by atoms with Crippen molar-refractivity contribution >= 4 is 5.57 Å². The lowest BCUT2D eigenvalue weighted by atomic mass is 9.82. The van der Waals surface area contributed by atoms with Crippen molar-refractivity contribution in [3.63, 3.8) is 0 Å². The van der Waals surface area contributed by atoms with Crippen LogP contribution in [0.2, 0.25) is 0 Å².